The molecule has 0 fully saturated rings. The van der Waals surface area contributed by atoms with Gasteiger partial charge in [0.2, 0.25) is 5.91 Å². The summed E-state index contributed by atoms with van der Waals surface area (Å²) in [6.07, 6.45) is 0.540. The van der Waals surface area contributed by atoms with Crippen LogP contribution in [0.3, 0.4) is 0 Å². The number of thioether (sulfide) groups is 1. The molecule has 20 heavy (non-hydrogen) atoms. The molecule has 0 heterocycles. The molecular formula is C14H21BrN2O2S. The second-order valence-electron chi connectivity index (χ2n) is 4.15. The van der Waals surface area contributed by atoms with Crippen molar-refractivity contribution < 1.29 is 9.53 Å². The predicted molar refractivity (Wildman–Crippen MR) is 87.2 cm³/mol. The second kappa shape index (κ2) is 11.1. The zero-order valence-corrected chi connectivity index (χ0v) is 14.1. The van der Waals surface area contributed by atoms with Gasteiger partial charge in [-0.3, -0.25) is 4.79 Å². The standard InChI is InChI=1S/C14H21BrN2O2S/c1-19-10-9-16-7-8-17-14(18)6-11-20-13-4-2-12(15)3-5-13/h2-5,16H,6-11H2,1H3,(H,17,18). The van der Waals surface area contributed by atoms with Crippen LogP contribution >= 0.6 is 27.7 Å². The number of halogens is 1. The molecule has 0 unspecified atom stereocenters. The van der Waals surface area contributed by atoms with Gasteiger partial charge >= 0.3 is 0 Å². The minimum Gasteiger partial charge on any atom is -0.383 e. The number of carbonyl (C=O) groups excluding carboxylic acids is 1. The lowest BCUT2D eigenvalue weighted by Gasteiger charge is -2.06. The molecule has 0 bridgehead atoms. The zero-order chi connectivity index (χ0) is 14.6. The molecule has 0 spiro atoms. The average molecular weight is 361 g/mol. The van der Waals surface area contributed by atoms with Crippen molar-refractivity contribution in [2.45, 2.75) is 11.3 Å². The first-order chi connectivity index (χ1) is 9.72. The van der Waals surface area contributed by atoms with Crippen LogP contribution in [0.2, 0.25) is 0 Å². The van der Waals surface area contributed by atoms with Crippen molar-refractivity contribution in [3.63, 3.8) is 0 Å². The maximum Gasteiger partial charge on any atom is 0.220 e. The van der Waals surface area contributed by atoms with Crippen LogP contribution in [0.4, 0.5) is 0 Å². The Labute approximate surface area is 133 Å². The minimum absolute atomic E-state index is 0.100. The average Bonchev–Trinajstić information content (AvgIpc) is 2.45. The van der Waals surface area contributed by atoms with Crippen molar-refractivity contribution in [3.8, 4) is 0 Å². The second-order valence-corrected chi connectivity index (χ2v) is 6.23. The van der Waals surface area contributed by atoms with Gasteiger partial charge in [-0.25, -0.2) is 0 Å². The molecule has 1 aromatic carbocycles. The highest BCUT2D eigenvalue weighted by Crippen LogP contribution is 2.20. The molecular weight excluding hydrogens is 340 g/mol. The number of carbonyl (C=O) groups is 1. The highest BCUT2D eigenvalue weighted by atomic mass is 79.9. The molecule has 1 rings (SSSR count). The number of benzene rings is 1. The van der Waals surface area contributed by atoms with Gasteiger partial charge in [0.15, 0.2) is 0 Å². The van der Waals surface area contributed by atoms with E-state index in [0.29, 0.717) is 19.6 Å². The third-order valence-electron chi connectivity index (χ3n) is 2.52. The van der Waals surface area contributed by atoms with Crippen molar-refractivity contribution in [2.75, 3.05) is 39.1 Å². The maximum atomic E-state index is 11.6. The Balaban J connectivity index is 2.01. The van der Waals surface area contributed by atoms with Gasteiger partial charge in [0.25, 0.3) is 0 Å². The number of hydrogen-bond donors (Lipinski definition) is 2. The monoisotopic (exact) mass is 360 g/mol. The molecule has 4 nitrogen and oxygen atoms in total. The molecule has 0 saturated heterocycles. The van der Waals surface area contributed by atoms with E-state index in [0.717, 1.165) is 23.3 Å². The summed E-state index contributed by atoms with van der Waals surface area (Å²) in [7, 11) is 1.67. The lowest BCUT2D eigenvalue weighted by atomic mass is 10.4. The van der Waals surface area contributed by atoms with Crippen LogP contribution in [0, 0.1) is 0 Å². The lowest BCUT2D eigenvalue weighted by molar-refractivity contribution is -0.120. The summed E-state index contributed by atoms with van der Waals surface area (Å²) in [5, 5.41) is 6.07. The summed E-state index contributed by atoms with van der Waals surface area (Å²) in [5.41, 5.74) is 0. The van der Waals surface area contributed by atoms with Crippen molar-refractivity contribution in [2.24, 2.45) is 0 Å². The van der Waals surface area contributed by atoms with Crippen LogP contribution in [0.15, 0.2) is 33.6 Å². The third-order valence-corrected chi connectivity index (χ3v) is 4.06. The molecule has 112 valence electrons. The van der Waals surface area contributed by atoms with E-state index in [9.17, 15) is 4.79 Å². The van der Waals surface area contributed by atoms with E-state index in [1.165, 1.54) is 4.90 Å². The van der Waals surface area contributed by atoms with Gasteiger partial charge in [0.1, 0.15) is 0 Å². The number of nitrogens with one attached hydrogen (secondary N) is 2. The molecule has 2 N–H and O–H groups in total. The Hall–Kier alpha value is -0.560. The van der Waals surface area contributed by atoms with E-state index in [2.05, 4.69) is 26.6 Å². The molecule has 0 aliphatic rings. The maximum absolute atomic E-state index is 11.6. The molecule has 0 radical (unpaired) electrons. The summed E-state index contributed by atoms with van der Waals surface area (Å²) < 4.78 is 5.99. The van der Waals surface area contributed by atoms with Gasteiger partial charge in [0.05, 0.1) is 6.61 Å². The summed E-state index contributed by atoms with van der Waals surface area (Å²) >= 11 is 5.09. The highest BCUT2D eigenvalue weighted by Gasteiger charge is 2.01. The first-order valence-corrected chi connectivity index (χ1v) is 8.35. The van der Waals surface area contributed by atoms with Gasteiger partial charge in [-0.15, -0.1) is 11.8 Å². The van der Waals surface area contributed by atoms with Crippen LogP contribution < -0.4 is 10.6 Å². The topological polar surface area (TPSA) is 50.4 Å². The van der Waals surface area contributed by atoms with E-state index in [-0.39, 0.29) is 5.91 Å². The predicted octanol–water partition coefficient (Wildman–Crippen LogP) is 2.28. The summed E-state index contributed by atoms with van der Waals surface area (Å²) in [6, 6.07) is 8.11. The van der Waals surface area contributed by atoms with Crippen LogP contribution in [-0.2, 0) is 9.53 Å². The Kier molecular flexibility index (Phi) is 9.74. The molecule has 0 aliphatic heterocycles. The zero-order valence-electron chi connectivity index (χ0n) is 11.7. The first-order valence-electron chi connectivity index (χ1n) is 6.57. The largest absolute Gasteiger partial charge is 0.383 e. The molecule has 0 aromatic heterocycles. The Morgan fingerprint density at radius 2 is 2.00 bits per heavy atom. The number of ether oxygens (including phenoxy) is 1. The Bertz CT molecular complexity index is 387. The first kappa shape index (κ1) is 17.5. The number of hydrogen-bond acceptors (Lipinski definition) is 4. The van der Waals surface area contributed by atoms with Crippen LogP contribution in [-0.4, -0.2) is 45.0 Å². The van der Waals surface area contributed by atoms with E-state index in [4.69, 9.17) is 4.74 Å². The van der Waals surface area contributed by atoms with E-state index in [1.54, 1.807) is 18.9 Å². The normalized spacial score (nSPS) is 10.5. The number of rotatable bonds is 10. The van der Waals surface area contributed by atoms with Crippen LogP contribution in [0.25, 0.3) is 0 Å². The van der Waals surface area contributed by atoms with Crippen LogP contribution in [0.5, 0.6) is 0 Å². The van der Waals surface area contributed by atoms with Crippen molar-refractivity contribution >= 4 is 33.6 Å². The minimum atomic E-state index is 0.100. The van der Waals surface area contributed by atoms with Gasteiger partial charge in [0, 0.05) is 48.3 Å². The molecule has 0 aliphatic carbocycles. The molecule has 1 aromatic rings. The fraction of sp³-hybridized carbons (Fsp3) is 0.500. The van der Waals surface area contributed by atoms with Gasteiger partial charge in [-0.2, -0.15) is 0 Å². The van der Waals surface area contributed by atoms with Crippen molar-refractivity contribution in [3.05, 3.63) is 28.7 Å². The molecule has 1 amide bonds. The SMILES string of the molecule is COCCNCCNC(=O)CCSc1ccc(Br)cc1. The smallest absolute Gasteiger partial charge is 0.220 e. The van der Waals surface area contributed by atoms with E-state index < -0.39 is 0 Å². The summed E-state index contributed by atoms with van der Waals surface area (Å²) in [5.74, 6) is 0.896. The number of amides is 1. The summed E-state index contributed by atoms with van der Waals surface area (Å²) in [4.78, 5) is 12.8. The highest BCUT2D eigenvalue weighted by molar-refractivity contribution is 9.10. The fourth-order valence-corrected chi connectivity index (χ4v) is 2.59. The summed E-state index contributed by atoms with van der Waals surface area (Å²) in [6.45, 7) is 2.93. The Morgan fingerprint density at radius 1 is 1.25 bits per heavy atom. The van der Waals surface area contributed by atoms with E-state index >= 15 is 0 Å². The number of methoxy groups -OCH3 is 1. The van der Waals surface area contributed by atoms with E-state index in [1.807, 2.05) is 24.3 Å². The third kappa shape index (κ3) is 8.58. The van der Waals surface area contributed by atoms with Gasteiger partial charge in [-0.1, -0.05) is 15.9 Å². The van der Waals surface area contributed by atoms with Gasteiger partial charge < -0.3 is 15.4 Å². The van der Waals surface area contributed by atoms with Gasteiger partial charge in [-0.05, 0) is 24.3 Å². The Morgan fingerprint density at radius 3 is 2.70 bits per heavy atom. The quantitative estimate of drug-likeness (QED) is 0.496. The van der Waals surface area contributed by atoms with Crippen molar-refractivity contribution in [1.29, 1.82) is 0 Å². The molecule has 0 saturated carbocycles. The lowest BCUT2D eigenvalue weighted by Crippen LogP contribution is -2.33. The fourth-order valence-electron chi connectivity index (χ4n) is 1.47. The molecule has 6 heteroatoms. The molecule has 0 atom stereocenters. The van der Waals surface area contributed by atoms with Crippen molar-refractivity contribution in [1.82, 2.24) is 10.6 Å². The van der Waals surface area contributed by atoms with Crippen LogP contribution in [0.1, 0.15) is 6.42 Å².